The fourth-order valence-corrected chi connectivity index (χ4v) is 3.12. The Labute approximate surface area is 124 Å². The van der Waals surface area contributed by atoms with Crippen LogP contribution in [-0.4, -0.2) is 16.1 Å². The summed E-state index contributed by atoms with van der Waals surface area (Å²) in [6, 6.07) is 10.4. The first kappa shape index (κ1) is 13.7. The number of rotatable bonds is 4. The Morgan fingerprint density at radius 3 is 2.71 bits per heavy atom. The molecule has 0 bridgehead atoms. The van der Waals surface area contributed by atoms with E-state index in [0.717, 1.165) is 21.7 Å². The minimum atomic E-state index is -0.836. The second-order valence-corrected chi connectivity index (χ2v) is 5.54. The Bertz CT molecular complexity index is 813. The molecule has 0 atom stereocenters. The van der Waals surface area contributed by atoms with Crippen molar-refractivity contribution >= 4 is 28.1 Å². The Morgan fingerprint density at radius 1 is 1.19 bits per heavy atom. The van der Waals surface area contributed by atoms with Gasteiger partial charge in [0.15, 0.2) is 0 Å². The second kappa shape index (κ2) is 5.61. The van der Waals surface area contributed by atoms with E-state index in [1.54, 1.807) is 18.2 Å². The number of hydrogen-bond donors (Lipinski definition) is 1. The third kappa shape index (κ3) is 2.78. The maximum atomic E-state index is 13.8. The predicted molar refractivity (Wildman–Crippen MR) is 81.0 cm³/mol. The lowest BCUT2D eigenvalue weighted by atomic mass is 10.0. The number of nitrogens with zero attached hydrogens (tertiary/aromatic N) is 1. The minimum Gasteiger partial charge on any atom is -0.481 e. The van der Waals surface area contributed by atoms with E-state index < -0.39 is 5.97 Å². The number of aliphatic carboxylic acids is 1. The predicted octanol–water partition coefficient (Wildman–Crippen LogP) is 4.12. The molecule has 1 N–H and O–H groups in total. The van der Waals surface area contributed by atoms with Crippen LogP contribution in [0.15, 0.2) is 41.8 Å². The average molecular weight is 301 g/mol. The molecule has 3 rings (SSSR count). The average Bonchev–Trinajstić information content (AvgIpc) is 2.94. The highest BCUT2D eigenvalue weighted by Gasteiger charge is 2.11. The van der Waals surface area contributed by atoms with Crippen molar-refractivity contribution in [3.8, 4) is 10.6 Å². The largest absolute Gasteiger partial charge is 0.481 e. The monoisotopic (exact) mass is 301 g/mol. The van der Waals surface area contributed by atoms with Gasteiger partial charge in [0.05, 0.1) is 12.1 Å². The molecular formula is C16H12FNO2S. The number of hydrogen-bond acceptors (Lipinski definition) is 3. The Kier molecular flexibility index (Phi) is 3.66. The van der Waals surface area contributed by atoms with E-state index >= 15 is 0 Å². The summed E-state index contributed by atoms with van der Waals surface area (Å²) in [6.07, 6.45) is 0.471. The maximum absolute atomic E-state index is 13.8. The summed E-state index contributed by atoms with van der Waals surface area (Å²) in [7, 11) is 0. The van der Waals surface area contributed by atoms with Crippen LogP contribution in [0.2, 0.25) is 0 Å². The lowest BCUT2D eigenvalue weighted by Gasteiger charge is -2.04. The first-order chi connectivity index (χ1) is 10.1. The van der Waals surface area contributed by atoms with Crippen LogP contribution in [-0.2, 0) is 11.2 Å². The highest BCUT2D eigenvalue weighted by molar-refractivity contribution is 7.13. The van der Waals surface area contributed by atoms with E-state index in [0.29, 0.717) is 11.8 Å². The van der Waals surface area contributed by atoms with Crippen molar-refractivity contribution < 1.29 is 14.3 Å². The molecule has 5 heteroatoms. The van der Waals surface area contributed by atoms with Gasteiger partial charge >= 0.3 is 5.97 Å². The van der Waals surface area contributed by atoms with Gasteiger partial charge < -0.3 is 5.11 Å². The summed E-state index contributed by atoms with van der Waals surface area (Å²) in [4.78, 5) is 15.1. The van der Waals surface area contributed by atoms with Crippen molar-refractivity contribution in [2.75, 3.05) is 0 Å². The summed E-state index contributed by atoms with van der Waals surface area (Å²) < 4.78 is 13.8. The number of carbonyl (C=O) groups is 1. The van der Waals surface area contributed by atoms with Gasteiger partial charge in [-0.2, -0.15) is 0 Å². The van der Waals surface area contributed by atoms with E-state index in [-0.39, 0.29) is 12.2 Å². The van der Waals surface area contributed by atoms with Crippen LogP contribution in [0.1, 0.15) is 12.1 Å². The zero-order valence-corrected chi connectivity index (χ0v) is 11.9. The number of carboxylic acid groups (broad SMARTS) is 1. The van der Waals surface area contributed by atoms with Gasteiger partial charge in [0.1, 0.15) is 10.8 Å². The fourth-order valence-electron chi connectivity index (χ4n) is 2.23. The number of fused-ring (bicyclic) bond motifs is 1. The van der Waals surface area contributed by atoms with Crippen LogP contribution in [0.5, 0.6) is 0 Å². The van der Waals surface area contributed by atoms with Gasteiger partial charge in [-0.1, -0.05) is 24.3 Å². The van der Waals surface area contributed by atoms with Crippen molar-refractivity contribution in [2.24, 2.45) is 0 Å². The quantitative estimate of drug-likeness (QED) is 0.788. The standard InChI is InChI=1S/C16H12FNO2S/c17-14-7-6-13(11-3-1-2-4-12(11)14)16-18-10(9-21-16)5-8-15(19)20/h1-4,6-7,9H,5,8H2,(H,19,20). The number of thiazole rings is 1. The molecule has 0 aliphatic carbocycles. The molecule has 0 amide bonds. The summed E-state index contributed by atoms with van der Waals surface area (Å²) >= 11 is 1.45. The Morgan fingerprint density at radius 2 is 1.95 bits per heavy atom. The Balaban J connectivity index is 2.01. The van der Waals surface area contributed by atoms with E-state index in [1.807, 2.05) is 17.5 Å². The molecule has 0 fully saturated rings. The number of benzene rings is 2. The molecule has 0 aliphatic rings. The summed E-state index contributed by atoms with van der Waals surface area (Å²) in [5, 5.41) is 12.7. The van der Waals surface area contributed by atoms with Crippen molar-refractivity contribution in [3.63, 3.8) is 0 Å². The Hall–Kier alpha value is -2.27. The van der Waals surface area contributed by atoms with Crippen molar-refractivity contribution in [2.45, 2.75) is 12.8 Å². The SMILES string of the molecule is O=C(O)CCc1csc(-c2ccc(F)c3ccccc23)n1. The van der Waals surface area contributed by atoms with Crippen molar-refractivity contribution in [1.82, 2.24) is 4.98 Å². The third-order valence-corrected chi connectivity index (χ3v) is 4.17. The molecule has 1 heterocycles. The van der Waals surface area contributed by atoms with E-state index in [2.05, 4.69) is 4.98 Å². The van der Waals surface area contributed by atoms with Crippen LogP contribution in [0.3, 0.4) is 0 Å². The normalized spacial score (nSPS) is 10.9. The van der Waals surface area contributed by atoms with Gasteiger partial charge in [-0.05, 0) is 17.5 Å². The maximum Gasteiger partial charge on any atom is 0.303 e. The lowest BCUT2D eigenvalue weighted by molar-refractivity contribution is -0.136. The van der Waals surface area contributed by atoms with Crippen LogP contribution >= 0.6 is 11.3 Å². The van der Waals surface area contributed by atoms with Crippen molar-refractivity contribution in [3.05, 3.63) is 53.3 Å². The molecule has 3 aromatic rings. The number of aromatic nitrogens is 1. The molecule has 1 aromatic heterocycles. The third-order valence-electron chi connectivity index (χ3n) is 3.25. The smallest absolute Gasteiger partial charge is 0.303 e. The van der Waals surface area contributed by atoms with Gasteiger partial charge in [0.25, 0.3) is 0 Å². The summed E-state index contributed by atoms with van der Waals surface area (Å²) in [5.74, 6) is -1.09. The molecule has 106 valence electrons. The van der Waals surface area contributed by atoms with Gasteiger partial charge in [-0.25, -0.2) is 9.37 Å². The van der Waals surface area contributed by atoms with E-state index in [9.17, 15) is 9.18 Å². The molecule has 2 aromatic carbocycles. The number of carboxylic acids is 1. The van der Waals surface area contributed by atoms with Gasteiger partial charge in [-0.15, -0.1) is 11.3 Å². The van der Waals surface area contributed by atoms with Gasteiger partial charge in [-0.3, -0.25) is 4.79 Å². The minimum absolute atomic E-state index is 0.0628. The van der Waals surface area contributed by atoms with Crippen LogP contribution < -0.4 is 0 Å². The van der Waals surface area contributed by atoms with E-state index in [4.69, 9.17) is 5.11 Å². The zero-order chi connectivity index (χ0) is 14.8. The zero-order valence-electron chi connectivity index (χ0n) is 11.0. The fraction of sp³-hybridized carbons (Fsp3) is 0.125. The molecule has 0 spiro atoms. The molecule has 0 radical (unpaired) electrons. The van der Waals surface area contributed by atoms with Gasteiger partial charge in [0, 0.05) is 22.8 Å². The van der Waals surface area contributed by atoms with E-state index in [1.165, 1.54) is 17.4 Å². The number of halogens is 1. The number of aryl methyl sites for hydroxylation is 1. The topological polar surface area (TPSA) is 50.2 Å². The van der Waals surface area contributed by atoms with Crippen LogP contribution in [0.25, 0.3) is 21.3 Å². The summed E-state index contributed by atoms with van der Waals surface area (Å²) in [5.41, 5.74) is 1.63. The lowest BCUT2D eigenvalue weighted by Crippen LogP contribution is -1.97. The first-order valence-electron chi connectivity index (χ1n) is 6.49. The molecule has 3 nitrogen and oxygen atoms in total. The highest BCUT2D eigenvalue weighted by Crippen LogP contribution is 2.32. The van der Waals surface area contributed by atoms with Crippen LogP contribution in [0, 0.1) is 5.82 Å². The molecule has 0 unspecified atom stereocenters. The molecule has 0 saturated carbocycles. The first-order valence-corrected chi connectivity index (χ1v) is 7.37. The van der Waals surface area contributed by atoms with Crippen LogP contribution in [0.4, 0.5) is 4.39 Å². The summed E-state index contributed by atoms with van der Waals surface area (Å²) in [6.45, 7) is 0. The highest BCUT2D eigenvalue weighted by atomic mass is 32.1. The molecule has 0 aliphatic heterocycles. The molecule has 21 heavy (non-hydrogen) atoms. The molecule has 0 saturated heterocycles. The molecular weight excluding hydrogens is 289 g/mol. The second-order valence-electron chi connectivity index (χ2n) is 4.68. The van der Waals surface area contributed by atoms with Gasteiger partial charge in [0.2, 0.25) is 0 Å². The van der Waals surface area contributed by atoms with Crippen molar-refractivity contribution in [1.29, 1.82) is 0 Å².